The number of hydrogen-bond acceptors (Lipinski definition) is 4. The number of fused-ring (bicyclic) bond motifs is 1. The normalized spacial score (nSPS) is 11.1. The first-order chi connectivity index (χ1) is 13.6. The minimum absolute atomic E-state index is 0.0443. The molecule has 6 heteroatoms. The van der Waals surface area contributed by atoms with Crippen molar-refractivity contribution in [2.24, 2.45) is 7.05 Å². The Balaban J connectivity index is 1.31. The van der Waals surface area contributed by atoms with E-state index in [9.17, 15) is 4.79 Å². The van der Waals surface area contributed by atoms with Gasteiger partial charge in [0.25, 0.3) is 0 Å². The minimum atomic E-state index is 0.0443. The summed E-state index contributed by atoms with van der Waals surface area (Å²) >= 11 is 1.60. The van der Waals surface area contributed by atoms with Crippen molar-refractivity contribution in [2.45, 2.75) is 26.3 Å². The molecule has 1 N–H and O–H groups in total. The van der Waals surface area contributed by atoms with Crippen molar-refractivity contribution in [3.63, 3.8) is 0 Å². The second-order valence-corrected chi connectivity index (χ2v) is 7.75. The van der Waals surface area contributed by atoms with Crippen molar-refractivity contribution in [1.82, 2.24) is 19.9 Å². The summed E-state index contributed by atoms with van der Waals surface area (Å²) in [5, 5.41) is 7.21. The Kier molecular flexibility index (Phi) is 5.21. The highest BCUT2D eigenvalue weighted by molar-refractivity contribution is 7.13. The van der Waals surface area contributed by atoms with Crippen molar-refractivity contribution in [2.75, 3.05) is 0 Å². The fraction of sp³-hybridized carbons (Fsp3) is 0.227. The molecular weight excluding hydrogens is 368 g/mol. The zero-order chi connectivity index (χ0) is 19.5. The molecular formula is C22H22N4OS. The number of aryl methyl sites for hydroxylation is 3. The lowest BCUT2D eigenvalue weighted by Crippen LogP contribution is -2.23. The molecule has 4 rings (SSSR count). The summed E-state index contributed by atoms with van der Waals surface area (Å²) < 4.78 is 2.17. The van der Waals surface area contributed by atoms with E-state index in [4.69, 9.17) is 0 Å². The standard InChI is InChI=1S/C22H22N4OS/c1-15-11-18-12-16(3-5-20(18)26(15)2)13-24-21(27)6-4-19-14-28-22(25-19)17-7-9-23-10-8-17/h3,5,7-12,14H,4,6,13H2,1-2H3,(H,24,27). The number of carbonyl (C=O) groups excluding carboxylic acids is 1. The van der Waals surface area contributed by atoms with Crippen LogP contribution in [0.1, 0.15) is 23.4 Å². The molecule has 0 spiro atoms. The fourth-order valence-electron chi connectivity index (χ4n) is 3.23. The Labute approximate surface area is 168 Å². The van der Waals surface area contributed by atoms with Gasteiger partial charge < -0.3 is 9.88 Å². The molecule has 142 valence electrons. The van der Waals surface area contributed by atoms with Crippen LogP contribution in [-0.2, 0) is 24.8 Å². The summed E-state index contributed by atoms with van der Waals surface area (Å²) in [5.41, 5.74) is 5.56. The lowest BCUT2D eigenvalue weighted by Gasteiger charge is -2.06. The highest BCUT2D eigenvalue weighted by atomic mass is 32.1. The Hall–Kier alpha value is -2.99. The number of amides is 1. The van der Waals surface area contributed by atoms with Crippen LogP contribution in [0.4, 0.5) is 0 Å². The van der Waals surface area contributed by atoms with Crippen LogP contribution in [0.15, 0.2) is 54.2 Å². The Morgan fingerprint density at radius 1 is 1.18 bits per heavy atom. The van der Waals surface area contributed by atoms with Crippen LogP contribution in [0.2, 0.25) is 0 Å². The van der Waals surface area contributed by atoms with Crippen LogP contribution in [0, 0.1) is 6.92 Å². The third kappa shape index (κ3) is 3.97. The first-order valence-corrected chi connectivity index (χ1v) is 10.1. The molecule has 28 heavy (non-hydrogen) atoms. The number of pyridine rings is 1. The minimum Gasteiger partial charge on any atom is -0.352 e. The predicted molar refractivity (Wildman–Crippen MR) is 113 cm³/mol. The monoisotopic (exact) mass is 390 g/mol. The van der Waals surface area contributed by atoms with E-state index in [2.05, 4.69) is 58.1 Å². The summed E-state index contributed by atoms with van der Waals surface area (Å²) in [6.45, 7) is 2.64. The van der Waals surface area contributed by atoms with Gasteiger partial charge in [-0.1, -0.05) is 6.07 Å². The quantitative estimate of drug-likeness (QED) is 0.535. The average Bonchev–Trinajstić information content (AvgIpc) is 3.30. The third-order valence-electron chi connectivity index (χ3n) is 4.92. The van der Waals surface area contributed by atoms with Gasteiger partial charge in [-0.2, -0.15) is 0 Å². The lowest BCUT2D eigenvalue weighted by molar-refractivity contribution is -0.121. The van der Waals surface area contributed by atoms with Crippen molar-refractivity contribution in [3.8, 4) is 10.6 Å². The SMILES string of the molecule is Cc1cc2cc(CNC(=O)CCc3csc(-c4ccncc4)n3)ccc2n1C. The van der Waals surface area contributed by atoms with Crippen LogP contribution in [-0.4, -0.2) is 20.4 Å². The summed E-state index contributed by atoms with van der Waals surface area (Å²) in [6.07, 6.45) is 4.60. The molecule has 0 aliphatic carbocycles. The molecule has 0 unspecified atom stereocenters. The van der Waals surface area contributed by atoms with Gasteiger partial charge >= 0.3 is 0 Å². The number of nitrogens with one attached hydrogen (secondary N) is 1. The van der Waals surface area contributed by atoms with E-state index < -0.39 is 0 Å². The van der Waals surface area contributed by atoms with Crippen molar-refractivity contribution >= 4 is 28.1 Å². The number of benzene rings is 1. The second kappa shape index (κ2) is 7.94. The van der Waals surface area contributed by atoms with Gasteiger partial charge in [-0.3, -0.25) is 9.78 Å². The number of rotatable bonds is 6. The molecule has 4 aromatic rings. The molecule has 0 saturated heterocycles. The summed E-state index contributed by atoms with van der Waals surface area (Å²) in [4.78, 5) is 20.9. The number of aromatic nitrogens is 3. The molecule has 5 nitrogen and oxygen atoms in total. The van der Waals surface area contributed by atoms with Crippen LogP contribution in [0.3, 0.4) is 0 Å². The number of carbonyl (C=O) groups is 1. The second-order valence-electron chi connectivity index (χ2n) is 6.89. The van der Waals surface area contributed by atoms with E-state index in [1.165, 1.54) is 16.6 Å². The van der Waals surface area contributed by atoms with Crippen molar-refractivity contribution in [1.29, 1.82) is 0 Å². The zero-order valence-electron chi connectivity index (χ0n) is 16.0. The van der Waals surface area contributed by atoms with E-state index >= 15 is 0 Å². The van der Waals surface area contributed by atoms with Crippen LogP contribution in [0.5, 0.6) is 0 Å². The maximum atomic E-state index is 12.2. The Morgan fingerprint density at radius 3 is 2.82 bits per heavy atom. The van der Waals surface area contributed by atoms with E-state index in [0.717, 1.165) is 21.8 Å². The third-order valence-corrected chi connectivity index (χ3v) is 5.86. The molecule has 0 radical (unpaired) electrons. The molecule has 3 aromatic heterocycles. The summed E-state index contributed by atoms with van der Waals surface area (Å²) in [6, 6.07) is 12.4. The first-order valence-electron chi connectivity index (χ1n) is 9.26. The molecule has 1 aromatic carbocycles. The van der Waals surface area contributed by atoms with E-state index in [1.54, 1.807) is 23.7 Å². The topological polar surface area (TPSA) is 59.8 Å². The zero-order valence-corrected chi connectivity index (χ0v) is 16.8. The summed E-state index contributed by atoms with van der Waals surface area (Å²) in [7, 11) is 2.07. The number of nitrogens with zero attached hydrogens (tertiary/aromatic N) is 3. The highest BCUT2D eigenvalue weighted by Gasteiger charge is 2.08. The van der Waals surface area contributed by atoms with Crippen LogP contribution < -0.4 is 5.32 Å². The highest BCUT2D eigenvalue weighted by Crippen LogP contribution is 2.23. The lowest BCUT2D eigenvalue weighted by atomic mass is 10.1. The first kappa shape index (κ1) is 18.4. The predicted octanol–water partition coefficient (Wildman–Crippen LogP) is 4.25. The Bertz CT molecular complexity index is 1110. The molecule has 0 fully saturated rings. The molecule has 0 atom stereocenters. The number of thiazole rings is 1. The van der Waals surface area contributed by atoms with Gasteiger partial charge in [0.05, 0.1) is 5.69 Å². The molecule has 1 amide bonds. The van der Waals surface area contributed by atoms with Gasteiger partial charge in [-0.05, 0) is 49.2 Å². The average molecular weight is 391 g/mol. The van der Waals surface area contributed by atoms with Gasteiger partial charge in [0.2, 0.25) is 5.91 Å². The van der Waals surface area contributed by atoms with Crippen LogP contribution >= 0.6 is 11.3 Å². The smallest absolute Gasteiger partial charge is 0.220 e. The summed E-state index contributed by atoms with van der Waals surface area (Å²) in [5.74, 6) is 0.0443. The molecule has 0 bridgehead atoms. The molecule has 0 aliphatic rings. The van der Waals surface area contributed by atoms with Gasteiger partial charge in [0.1, 0.15) is 5.01 Å². The largest absolute Gasteiger partial charge is 0.352 e. The van der Waals surface area contributed by atoms with E-state index in [-0.39, 0.29) is 5.91 Å². The van der Waals surface area contributed by atoms with Crippen molar-refractivity contribution < 1.29 is 4.79 Å². The number of hydrogen-bond donors (Lipinski definition) is 1. The maximum Gasteiger partial charge on any atom is 0.220 e. The molecule has 3 heterocycles. The van der Waals surface area contributed by atoms with Crippen molar-refractivity contribution in [3.05, 3.63) is 71.1 Å². The van der Waals surface area contributed by atoms with Gasteiger partial charge in [0.15, 0.2) is 0 Å². The van der Waals surface area contributed by atoms with Gasteiger partial charge in [0, 0.05) is 59.9 Å². The fourth-order valence-corrected chi connectivity index (χ4v) is 4.09. The van der Waals surface area contributed by atoms with E-state index in [1.807, 2.05) is 17.5 Å². The van der Waals surface area contributed by atoms with Gasteiger partial charge in [-0.15, -0.1) is 11.3 Å². The van der Waals surface area contributed by atoms with Gasteiger partial charge in [-0.25, -0.2) is 4.98 Å². The molecule has 0 saturated carbocycles. The van der Waals surface area contributed by atoms with Crippen LogP contribution in [0.25, 0.3) is 21.5 Å². The Morgan fingerprint density at radius 2 is 2.00 bits per heavy atom. The maximum absolute atomic E-state index is 12.2. The van der Waals surface area contributed by atoms with E-state index in [0.29, 0.717) is 19.4 Å². The molecule has 0 aliphatic heterocycles.